The van der Waals surface area contributed by atoms with Crippen molar-refractivity contribution in [2.45, 2.75) is 53.0 Å². The zero-order chi connectivity index (χ0) is 8.55. The highest BCUT2D eigenvalue weighted by Gasteiger charge is 2.33. The average molecular weight is 186 g/mol. The maximum atomic E-state index is 2.66. The average Bonchev–Trinajstić information content (AvgIpc) is 2.49. The molecule has 1 aliphatic heterocycles. The Morgan fingerprint density at radius 2 is 1.85 bits per heavy atom. The summed E-state index contributed by atoms with van der Waals surface area (Å²) < 4.78 is 0. The summed E-state index contributed by atoms with van der Waals surface area (Å²) in [6.07, 6.45) is 6.01. The van der Waals surface area contributed by atoms with Crippen molar-refractivity contribution in [1.29, 1.82) is 0 Å². The number of fused-ring (bicyclic) bond motifs is 1. The maximum Gasteiger partial charge on any atom is 0.00387 e. The van der Waals surface area contributed by atoms with Crippen LogP contribution in [0.4, 0.5) is 0 Å². The molecule has 0 aromatic heterocycles. The van der Waals surface area contributed by atoms with Gasteiger partial charge < -0.3 is 4.90 Å². The second-order valence-electron chi connectivity index (χ2n) is 4.83. The van der Waals surface area contributed by atoms with Crippen molar-refractivity contribution in [2.24, 2.45) is 11.8 Å². The Morgan fingerprint density at radius 3 is 2.54 bits per heavy atom. The SMILES string of the molecule is C.CC(C)N1CCC2CCCC2C1.[2HH]. The van der Waals surface area contributed by atoms with Crippen LogP contribution in [-0.2, 0) is 0 Å². The zero-order valence-electron chi connectivity index (χ0n) is 8.42. The molecule has 2 unspecified atom stereocenters. The number of hydrogen-bond donors (Lipinski definition) is 0. The van der Waals surface area contributed by atoms with Crippen LogP contribution in [0.25, 0.3) is 0 Å². The van der Waals surface area contributed by atoms with E-state index in [1.54, 1.807) is 0 Å². The van der Waals surface area contributed by atoms with Crippen LogP contribution in [0.15, 0.2) is 0 Å². The largest absolute Gasteiger partial charge is 0.301 e. The lowest BCUT2D eigenvalue weighted by molar-refractivity contribution is 0.110. The summed E-state index contributed by atoms with van der Waals surface area (Å²) in [5.41, 5.74) is 0. The van der Waals surface area contributed by atoms with Crippen LogP contribution in [0, 0.1) is 11.8 Å². The number of nitrogens with zero attached hydrogens (tertiary/aromatic N) is 1. The molecule has 2 atom stereocenters. The number of hydrogen-bond acceptors (Lipinski definition) is 1. The van der Waals surface area contributed by atoms with E-state index in [0.29, 0.717) is 0 Å². The van der Waals surface area contributed by atoms with Gasteiger partial charge in [-0.25, -0.2) is 0 Å². The molecule has 0 N–H and O–H groups in total. The van der Waals surface area contributed by atoms with E-state index in [4.69, 9.17) is 0 Å². The van der Waals surface area contributed by atoms with Crippen molar-refractivity contribution >= 4 is 0 Å². The van der Waals surface area contributed by atoms with Crippen LogP contribution < -0.4 is 0 Å². The molecule has 2 rings (SSSR count). The minimum atomic E-state index is 0. The summed E-state index contributed by atoms with van der Waals surface area (Å²) in [7, 11) is 0. The van der Waals surface area contributed by atoms with Gasteiger partial charge in [0.25, 0.3) is 0 Å². The highest BCUT2D eigenvalue weighted by atomic mass is 15.2. The van der Waals surface area contributed by atoms with E-state index in [1.807, 2.05) is 0 Å². The topological polar surface area (TPSA) is 3.24 Å². The van der Waals surface area contributed by atoms with Crippen LogP contribution in [0.2, 0.25) is 0 Å². The molecule has 1 aliphatic carbocycles. The molecule has 1 heteroatoms. The van der Waals surface area contributed by atoms with E-state index in [0.717, 1.165) is 17.9 Å². The van der Waals surface area contributed by atoms with E-state index in [9.17, 15) is 0 Å². The van der Waals surface area contributed by atoms with E-state index in [1.165, 1.54) is 38.8 Å². The molecule has 0 aromatic rings. The first kappa shape index (κ1) is 11.0. The summed E-state index contributed by atoms with van der Waals surface area (Å²) in [5.74, 6) is 2.15. The van der Waals surface area contributed by atoms with Gasteiger partial charge in [-0.15, -0.1) is 0 Å². The highest BCUT2D eigenvalue weighted by Crippen LogP contribution is 2.37. The minimum Gasteiger partial charge on any atom is -0.301 e. The highest BCUT2D eigenvalue weighted by molar-refractivity contribution is 4.85. The second-order valence-corrected chi connectivity index (χ2v) is 4.83. The molecule has 1 saturated heterocycles. The second kappa shape index (κ2) is 4.45. The van der Waals surface area contributed by atoms with Crippen molar-refractivity contribution in [3.8, 4) is 0 Å². The van der Waals surface area contributed by atoms with Crippen molar-refractivity contribution in [1.82, 2.24) is 4.90 Å². The fraction of sp³-hybridized carbons (Fsp3) is 1.00. The van der Waals surface area contributed by atoms with Crippen LogP contribution in [0.5, 0.6) is 0 Å². The predicted molar refractivity (Wildman–Crippen MR) is 61.0 cm³/mol. The smallest absolute Gasteiger partial charge is 0.00387 e. The molecule has 1 nitrogen and oxygen atoms in total. The van der Waals surface area contributed by atoms with E-state index >= 15 is 0 Å². The fourth-order valence-corrected chi connectivity index (χ4v) is 2.93. The first-order valence-electron chi connectivity index (χ1n) is 5.51. The van der Waals surface area contributed by atoms with Crippen LogP contribution in [0.1, 0.15) is 48.4 Å². The summed E-state index contributed by atoms with van der Waals surface area (Å²) in [5, 5.41) is 0. The molecule has 2 fully saturated rings. The Labute approximate surface area is 85.0 Å². The lowest BCUT2D eigenvalue weighted by Crippen LogP contribution is -2.42. The molecule has 13 heavy (non-hydrogen) atoms. The molecular weight excluding hydrogens is 158 g/mol. The number of rotatable bonds is 1. The quantitative estimate of drug-likeness (QED) is 0.606. The molecule has 0 amide bonds. The standard InChI is InChI=1S/C11H21N.CH4.H2/c1-9(2)12-7-6-10-4-3-5-11(10)8-12;;/h9-11H,3-8H2,1-2H3;1H4;1H/i;;1+1. The number of piperidine rings is 1. The third kappa shape index (κ3) is 2.25. The van der Waals surface area contributed by atoms with Gasteiger partial charge in [0.2, 0.25) is 0 Å². The summed E-state index contributed by atoms with van der Waals surface area (Å²) >= 11 is 0. The minimum absolute atomic E-state index is 0. The Hall–Kier alpha value is -0.0400. The molecule has 0 aromatic carbocycles. The van der Waals surface area contributed by atoms with Crippen LogP contribution >= 0.6 is 0 Å². The fourth-order valence-electron chi connectivity index (χ4n) is 2.93. The molecule has 0 spiro atoms. The molecule has 1 saturated carbocycles. The van der Waals surface area contributed by atoms with Crippen LogP contribution in [0.3, 0.4) is 0 Å². The summed E-state index contributed by atoms with van der Waals surface area (Å²) in [4.78, 5) is 2.66. The van der Waals surface area contributed by atoms with Gasteiger partial charge in [0.1, 0.15) is 0 Å². The first-order chi connectivity index (χ1) is 5.77. The normalized spacial score (nSPS) is 34.4. The van der Waals surface area contributed by atoms with Gasteiger partial charge in [-0.1, -0.05) is 20.3 Å². The number of likely N-dealkylation sites (tertiary alicyclic amines) is 1. The van der Waals surface area contributed by atoms with Crippen LogP contribution in [-0.4, -0.2) is 24.0 Å². The van der Waals surface area contributed by atoms with Crippen molar-refractivity contribution < 1.29 is 1.43 Å². The summed E-state index contributed by atoms with van der Waals surface area (Å²) in [6.45, 7) is 7.41. The van der Waals surface area contributed by atoms with Gasteiger partial charge in [-0.05, 0) is 45.1 Å². The Kier molecular flexibility index (Phi) is 3.78. The third-order valence-electron chi connectivity index (χ3n) is 3.80. The van der Waals surface area contributed by atoms with E-state index in [-0.39, 0.29) is 8.85 Å². The monoisotopic (exact) mass is 186 g/mol. The van der Waals surface area contributed by atoms with Crippen molar-refractivity contribution in [3.05, 3.63) is 0 Å². The van der Waals surface area contributed by atoms with Gasteiger partial charge in [0.15, 0.2) is 0 Å². The lowest BCUT2D eigenvalue weighted by atomic mass is 9.88. The molecule has 2 aliphatic rings. The van der Waals surface area contributed by atoms with Gasteiger partial charge in [-0.3, -0.25) is 0 Å². The van der Waals surface area contributed by atoms with Gasteiger partial charge in [-0.2, -0.15) is 0 Å². The Balaban J connectivity index is 0.000000845. The van der Waals surface area contributed by atoms with Crippen molar-refractivity contribution in [3.63, 3.8) is 0 Å². The Morgan fingerprint density at radius 1 is 1.15 bits per heavy atom. The van der Waals surface area contributed by atoms with E-state index < -0.39 is 0 Å². The third-order valence-corrected chi connectivity index (χ3v) is 3.80. The first-order valence-corrected chi connectivity index (χ1v) is 5.51. The molecule has 0 radical (unpaired) electrons. The molecule has 1 heterocycles. The molecular formula is C12H27N. The van der Waals surface area contributed by atoms with Gasteiger partial charge in [0, 0.05) is 14.0 Å². The molecule has 0 bridgehead atoms. The maximum absolute atomic E-state index is 2.66. The zero-order valence-corrected chi connectivity index (χ0v) is 8.42. The van der Waals surface area contributed by atoms with Gasteiger partial charge >= 0.3 is 0 Å². The summed E-state index contributed by atoms with van der Waals surface area (Å²) in [6, 6.07) is 0.770. The predicted octanol–water partition coefficient (Wildman–Crippen LogP) is 3.40. The van der Waals surface area contributed by atoms with E-state index in [2.05, 4.69) is 18.7 Å². The van der Waals surface area contributed by atoms with Gasteiger partial charge in [0.05, 0.1) is 0 Å². The van der Waals surface area contributed by atoms with Crippen molar-refractivity contribution in [2.75, 3.05) is 13.1 Å². The lowest BCUT2D eigenvalue weighted by Gasteiger charge is -2.37. The molecule has 80 valence electrons. The Bertz CT molecular complexity index is 158.